The van der Waals surface area contributed by atoms with E-state index in [0.29, 0.717) is 26.3 Å². The van der Waals surface area contributed by atoms with E-state index in [2.05, 4.69) is 0 Å². The molecule has 1 fully saturated rings. The number of alkyl halides is 3. The number of carbonyl (C=O) groups excluding carboxylic acids is 1. The Bertz CT molecular complexity index is 519. The third-order valence-corrected chi connectivity index (χ3v) is 3.61. The Morgan fingerprint density at radius 2 is 2.09 bits per heavy atom. The molecule has 122 valence electrons. The normalized spacial score (nSPS) is 19.8. The van der Waals surface area contributed by atoms with Crippen LogP contribution in [0.4, 0.5) is 13.2 Å². The van der Waals surface area contributed by atoms with Crippen molar-refractivity contribution in [3.8, 4) is 0 Å². The molecule has 0 saturated carbocycles. The van der Waals surface area contributed by atoms with E-state index in [1.807, 2.05) is 0 Å². The summed E-state index contributed by atoms with van der Waals surface area (Å²) in [4.78, 5) is 13.7. The first-order valence-electron chi connectivity index (χ1n) is 7.03. The van der Waals surface area contributed by atoms with E-state index in [0.717, 1.165) is 6.07 Å². The number of benzene rings is 1. The van der Waals surface area contributed by atoms with Crippen LogP contribution in [-0.4, -0.2) is 48.8 Å². The molecule has 1 aliphatic heterocycles. The molecule has 1 saturated heterocycles. The summed E-state index contributed by atoms with van der Waals surface area (Å²) in [5.41, 5.74) is -0.821. The van der Waals surface area contributed by atoms with Gasteiger partial charge in [-0.15, -0.1) is 0 Å². The maximum atomic E-state index is 12.9. The molecule has 1 aromatic carbocycles. The van der Waals surface area contributed by atoms with Gasteiger partial charge >= 0.3 is 6.18 Å². The smallest absolute Gasteiger partial charge is 0.396 e. The lowest BCUT2D eigenvalue weighted by Gasteiger charge is -2.23. The molecule has 2 rings (SSSR count). The quantitative estimate of drug-likeness (QED) is 0.923. The zero-order valence-corrected chi connectivity index (χ0v) is 12.0. The Hall–Kier alpha value is -1.60. The van der Waals surface area contributed by atoms with Gasteiger partial charge in [-0.1, -0.05) is 18.2 Å². The Morgan fingerprint density at radius 1 is 1.36 bits per heavy atom. The van der Waals surface area contributed by atoms with Crippen LogP contribution in [0.15, 0.2) is 24.3 Å². The second-order valence-corrected chi connectivity index (χ2v) is 5.29. The first-order chi connectivity index (χ1) is 10.4. The van der Waals surface area contributed by atoms with Gasteiger partial charge in [-0.05, 0) is 11.6 Å². The summed E-state index contributed by atoms with van der Waals surface area (Å²) < 4.78 is 44.1. The lowest BCUT2D eigenvalue weighted by atomic mass is 10.0. The largest absolute Gasteiger partial charge is 0.416 e. The standard InChI is InChI=1S/C15H18F3NO3/c16-15(17,18)13-4-2-1-3-12(13)7-14(21)19-5-6-22-10-11(8-19)9-20/h1-4,11,20H,5-10H2/t11-/m1/s1. The number of amides is 1. The van der Waals surface area contributed by atoms with Gasteiger partial charge in [0.05, 0.1) is 25.2 Å². The predicted octanol–water partition coefficient (Wildman–Crippen LogP) is 1.72. The van der Waals surface area contributed by atoms with Crippen LogP contribution >= 0.6 is 0 Å². The van der Waals surface area contributed by atoms with Crippen molar-refractivity contribution in [3.63, 3.8) is 0 Å². The van der Waals surface area contributed by atoms with Crippen LogP contribution in [-0.2, 0) is 22.1 Å². The van der Waals surface area contributed by atoms with Crippen LogP contribution in [0.5, 0.6) is 0 Å². The van der Waals surface area contributed by atoms with Crippen molar-refractivity contribution in [1.29, 1.82) is 0 Å². The number of hydrogen-bond donors (Lipinski definition) is 1. The van der Waals surface area contributed by atoms with Crippen LogP contribution in [0.25, 0.3) is 0 Å². The van der Waals surface area contributed by atoms with Crippen molar-refractivity contribution in [2.24, 2.45) is 5.92 Å². The van der Waals surface area contributed by atoms with Gasteiger partial charge in [-0.25, -0.2) is 0 Å². The summed E-state index contributed by atoms with van der Waals surface area (Å²) in [7, 11) is 0. The zero-order chi connectivity index (χ0) is 16.2. The van der Waals surface area contributed by atoms with E-state index in [1.54, 1.807) is 0 Å². The topological polar surface area (TPSA) is 49.8 Å². The summed E-state index contributed by atoms with van der Waals surface area (Å²) in [6.45, 7) is 1.17. The van der Waals surface area contributed by atoms with Crippen LogP contribution in [0.1, 0.15) is 11.1 Å². The molecule has 0 aromatic heterocycles. The molecule has 0 spiro atoms. The fraction of sp³-hybridized carbons (Fsp3) is 0.533. The Labute approximate surface area is 126 Å². The minimum absolute atomic E-state index is 0.0364. The Morgan fingerprint density at radius 3 is 2.77 bits per heavy atom. The fourth-order valence-electron chi connectivity index (χ4n) is 2.44. The monoisotopic (exact) mass is 317 g/mol. The molecule has 0 bridgehead atoms. The molecule has 22 heavy (non-hydrogen) atoms. The highest BCUT2D eigenvalue weighted by atomic mass is 19.4. The molecule has 7 heteroatoms. The van der Waals surface area contributed by atoms with Crippen LogP contribution < -0.4 is 0 Å². The predicted molar refractivity (Wildman–Crippen MR) is 73.1 cm³/mol. The molecule has 1 aliphatic rings. The number of hydrogen-bond acceptors (Lipinski definition) is 3. The van der Waals surface area contributed by atoms with E-state index in [-0.39, 0.29) is 30.4 Å². The van der Waals surface area contributed by atoms with Gasteiger partial charge in [0.25, 0.3) is 0 Å². The molecule has 1 amide bonds. The first-order valence-corrected chi connectivity index (χ1v) is 7.03. The molecule has 0 unspecified atom stereocenters. The molecular formula is C15H18F3NO3. The summed E-state index contributed by atoms with van der Waals surface area (Å²) in [5, 5.41) is 9.19. The van der Waals surface area contributed by atoms with E-state index >= 15 is 0 Å². The second kappa shape index (κ2) is 7.11. The summed E-state index contributed by atoms with van der Waals surface area (Å²) in [6, 6.07) is 5.08. The third kappa shape index (κ3) is 4.20. The average molecular weight is 317 g/mol. The third-order valence-electron chi connectivity index (χ3n) is 3.61. The van der Waals surface area contributed by atoms with E-state index in [1.165, 1.54) is 23.1 Å². The second-order valence-electron chi connectivity index (χ2n) is 5.29. The van der Waals surface area contributed by atoms with E-state index < -0.39 is 11.7 Å². The van der Waals surface area contributed by atoms with Crippen LogP contribution in [0.3, 0.4) is 0 Å². The zero-order valence-electron chi connectivity index (χ0n) is 12.0. The number of ether oxygens (including phenoxy) is 1. The van der Waals surface area contributed by atoms with Crippen molar-refractivity contribution < 1.29 is 27.8 Å². The van der Waals surface area contributed by atoms with Crippen molar-refractivity contribution in [1.82, 2.24) is 4.90 Å². The average Bonchev–Trinajstić information content (AvgIpc) is 2.72. The number of aliphatic hydroxyl groups excluding tert-OH is 1. The summed E-state index contributed by atoms with van der Waals surface area (Å²) in [6.07, 6.45) is -4.79. The van der Waals surface area contributed by atoms with Crippen molar-refractivity contribution in [3.05, 3.63) is 35.4 Å². The molecule has 4 nitrogen and oxygen atoms in total. The number of halogens is 3. The molecule has 0 aliphatic carbocycles. The number of rotatable bonds is 3. The van der Waals surface area contributed by atoms with E-state index in [4.69, 9.17) is 4.74 Å². The van der Waals surface area contributed by atoms with Gasteiger partial charge in [-0.3, -0.25) is 4.79 Å². The minimum Gasteiger partial charge on any atom is -0.396 e. The summed E-state index contributed by atoms with van der Waals surface area (Å²) in [5.74, 6) is -0.593. The Balaban J connectivity index is 2.12. The van der Waals surface area contributed by atoms with Crippen LogP contribution in [0.2, 0.25) is 0 Å². The lowest BCUT2D eigenvalue weighted by Crippen LogP contribution is -2.38. The van der Waals surface area contributed by atoms with Gasteiger partial charge in [-0.2, -0.15) is 13.2 Å². The van der Waals surface area contributed by atoms with Gasteiger partial charge in [0.15, 0.2) is 0 Å². The Kier molecular flexibility index (Phi) is 5.42. The summed E-state index contributed by atoms with van der Waals surface area (Å²) >= 11 is 0. The highest BCUT2D eigenvalue weighted by molar-refractivity contribution is 5.79. The molecular weight excluding hydrogens is 299 g/mol. The van der Waals surface area contributed by atoms with Crippen molar-refractivity contribution in [2.75, 3.05) is 32.9 Å². The number of carbonyl (C=O) groups is 1. The van der Waals surface area contributed by atoms with Gasteiger partial charge in [0.2, 0.25) is 5.91 Å². The SMILES string of the molecule is O=C(Cc1ccccc1C(F)(F)F)N1CCOC[C@@H](CO)C1. The number of aliphatic hydroxyl groups is 1. The molecule has 0 radical (unpaired) electrons. The maximum Gasteiger partial charge on any atom is 0.416 e. The molecule has 1 N–H and O–H groups in total. The highest BCUT2D eigenvalue weighted by Gasteiger charge is 2.34. The minimum atomic E-state index is -4.48. The first kappa shape index (κ1) is 16.8. The highest BCUT2D eigenvalue weighted by Crippen LogP contribution is 2.32. The van der Waals surface area contributed by atoms with Crippen molar-refractivity contribution in [2.45, 2.75) is 12.6 Å². The maximum absolute atomic E-state index is 12.9. The molecule has 1 heterocycles. The van der Waals surface area contributed by atoms with Crippen LogP contribution in [0, 0.1) is 5.92 Å². The van der Waals surface area contributed by atoms with Gasteiger partial charge in [0.1, 0.15) is 0 Å². The molecule has 1 atom stereocenters. The molecule has 1 aromatic rings. The fourth-order valence-corrected chi connectivity index (χ4v) is 2.44. The van der Waals surface area contributed by atoms with Gasteiger partial charge < -0.3 is 14.7 Å². The van der Waals surface area contributed by atoms with Crippen molar-refractivity contribution >= 4 is 5.91 Å². The van der Waals surface area contributed by atoms with Gasteiger partial charge in [0, 0.05) is 25.6 Å². The lowest BCUT2D eigenvalue weighted by molar-refractivity contribution is -0.138. The van der Waals surface area contributed by atoms with E-state index in [9.17, 15) is 23.1 Å². The number of nitrogens with zero attached hydrogens (tertiary/aromatic N) is 1.